The molecule has 22 heavy (non-hydrogen) atoms. The van der Waals surface area contributed by atoms with Crippen molar-refractivity contribution in [1.82, 2.24) is 9.97 Å². The highest BCUT2D eigenvalue weighted by Gasteiger charge is 2.10. The third-order valence-electron chi connectivity index (χ3n) is 4.13. The van der Waals surface area contributed by atoms with Crippen molar-refractivity contribution in [3.8, 4) is 22.5 Å². The molecule has 2 nitrogen and oxygen atoms in total. The van der Waals surface area contributed by atoms with E-state index < -0.39 is 0 Å². The Labute approximate surface area is 131 Å². The quantitative estimate of drug-likeness (QED) is 0.660. The fourth-order valence-electron chi connectivity index (χ4n) is 3.02. The monoisotopic (exact) mass is 288 g/mol. The van der Waals surface area contributed by atoms with Crippen LogP contribution in [0.4, 0.5) is 0 Å². The van der Waals surface area contributed by atoms with Gasteiger partial charge in [0.2, 0.25) is 0 Å². The zero-order valence-electron chi connectivity index (χ0n) is 13.5. The molecular weight excluding hydrogens is 268 g/mol. The Morgan fingerprint density at radius 2 is 0.864 bits per heavy atom. The van der Waals surface area contributed by atoms with E-state index >= 15 is 0 Å². The number of nitrogens with zero attached hydrogens (tertiary/aromatic N) is 2. The van der Waals surface area contributed by atoms with Crippen LogP contribution in [0.2, 0.25) is 0 Å². The summed E-state index contributed by atoms with van der Waals surface area (Å²) in [5.41, 5.74) is 9.16. The van der Waals surface area contributed by atoms with Gasteiger partial charge in [-0.05, 0) is 49.9 Å². The zero-order valence-corrected chi connectivity index (χ0v) is 13.5. The smallest absolute Gasteiger partial charge is 0.0891 e. The molecule has 0 saturated carbocycles. The Morgan fingerprint density at radius 1 is 0.545 bits per heavy atom. The molecule has 0 atom stereocenters. The van der Waals surface area contributed by atoms with Crippen LogP contribution in [-0.4, -0.2) is 9.97 Å². The molecule has 0 aliphatic rings. The Kier molecular flexibility index (Phi) is 3.76. The van der Waals surface area contributed by atoms with Crippen molar-refractivity contribution in [2.45, 2.75) is 27.7 Å². The van der Waals surface area contributed by atoms with Gasteiger partial charge in [0.05, 0.1) is 23.8 Å². The van der Waals surface area contributed by atoms with Gasteiger partial charge in [-0.1, -0.05) is 36.4 Å². The summed E-state index contributed by atoms with van der Waals surface area (Å²) in [6.45, 7) is 8.46. The second kappa shape index (κ2) is 5.72. The van der Waals surface area contributed by atoms with Crippen molar-refractivity contribution < 1.29 is 0 Å². The molecule has 0 bridgehead atoms. The number of benzene rings is 2. The Morgan fingerprint density at radius 3 is 1.14 bits per heavy atom. The summed E-state index contributed by atoms with van der Waals surface area (Å²) in [5, 5.41) is 0. The van der Waals surface area contributed by atoms with Crippen LogP contribution in [0.25, 0.3) is 22.5 Å². The highest BCUT2D eigenvalue weighted by atomic mass is 14.8. The van der Waals surface area contributed by atoms with Crippen LogP contribution in [0.1, 0.15) is 22.3 Å². The van der Waals surface area contributed by atoms with Gasteiger partial charge in [-0.25, -0.2) is 0 Å². The number of rotatable bonds is 2. The molecular formula is C20H20N2. The molecule has 0 aliphatic carbocycles. The second-order valence-electron chi connectivity index (χ2n) is 5.82. The van der Waals surface area contributed by atoms with Crippen LogP contribution < -0.4 is 0 Å². The van der Waals surface area contributed by atoms with Gasteiger partial charge in [0.1, 0.15) is 0 Å². The van der Waals surface area contributed by atoms with Gasteiger partial charge >= 0.3 is 0 Å². The second-order valence-corrected chi connectivity index (χ2v) is 5.82. The number of aromatic nitrogens is 2. The lowest BCUT2D eigenvalue weighted by molar-refractivity contribution is 1.18. The molecule has 2 heteroatoms. The minimum atomic E-state index is 0.936. The predicted octanol–water partition coefficient (Wildman–Crippen LogP) is 5.04. The van der Waals surface area contributed by atoms with Gasteiger partial charge in [0.25, 0.3) is 0 Å². The first kappa shape index (κ1) is 14.5. The maximum atomic E-state index is 4.67. The SMILES string of the molecule is Cc1cccc(C)c1-c1cnc(-c2c(C)cccc2C)cn1. The lowest BCUT2D eigenvalue weighted by Crippen LogP contribution is -1.95. The molecule has 0 fully saturated rings. The molecule has 0 spiro atoms. The third-order valence-corrected chi connectivity index (χ3v) is 4.13. The molecule has 0 radical (unpaired) electrons. The summed E-state index contributed by atoms with van der Waals surface area (Å²) in [6, 6.07) is 12.6. The third kappa shape index (κ3) is 2.52. The van der Waals surface area contributed by atoms with E-state index in [9.17, 15) is 0 Å². The molecule has 0 saturated heterocycles. The minimum absolute atomic E-state index is 0.936. The van der Waals surface area contributed by atoms with Gasteiger partial charge in [0, 0.05) is 11.1 Å². The molecule has 1 aromatic heterocycles. The Balaban J connectivity index is 2.08. The summed E-state index contributed by atoms with van der Waals surface area (Å²) in [4.78, 5) is 9.33. The molecule has 2 aromatic carbocycles. The largest absolute Gasteiger partial charge is 0.252 e. The average Bonchev–Trinajstić information content (AvgIpc) is 2.48. The molecule has 0 unspecified atom stereocenters. The standard InChI is InChI=1S/C20H20N2/c1-13-7-5-8-14(2)19(13)17-11-22-18(12-21-17)20-15(3)9-6-10-16(20)4/h5-12H,1-4H3. The van der Waals surface area contributed by atoms with E-state index in [0.29, 0.717) is 0 Å². The fourth-order valence-corrected chi connectivity index (χ4v) is 3.02. The van der Waals surface area contributed by atoms with E-state index in [1.165, 1.54) is 33.4 Å². The summed E-state index contributed by atoms with van der Waals surface area (Å²) >= 11 is 0. The van der Waals surface area contributed by atoms with E-state index in [1.807, 2.05) is 12.4 Å². The summed E-state index contributed by atoms with van der Waals surface area (Å²) < 4.78 is 0. The number of hydrogen-bond donors (Lipinski definition) is 0. The van der Waals surface area contributed by atoms with Crippen LogP contribution in [0.3, 0.4) is 0 Å². The topological polar surface area (TPSA) is 25.8 Å². The lowest BCUT2D eigenvalue weighted by atomic mass is 9.99. The molecule has 3 aromatic rings. The molecule has 0 amide bonds. The van der Waals surface area contributed by atoms with Gasteiger partial charge in [-0.15, -0.1) is 0 Å². The first-order chi connectivity index (χ1) is 10.6. The number of aryl methyl sites for hydroxylation is 4. The lowest BCUT2D eigenvalue weighted by Gasteiger charge is -2.11. The zero-order chi connectivity index (χ0) is 15.7. The molecule has 0 aliphatic heterocycles. The van der Waals surface area contributed by atoms with Crippen molar-refractivity contribution in [2.24, 2.45) is 0 Å². The maximum Gasteiger partial charge on any atom is 0.0891 e. The first-order valence-electron chi connectivity index (χ1n) is 7.53. The van der Waals surface area contributed by atoms with Gasteiger partial charge in [-0.2, -0.15) is 0 Å². The van der Waals surface area contributed by atoms with Crippen molar-refractivity contribution in [2.75, 3.05) is 0 Å². The van der Waals surface area contributed by atoms with Crippen LogP contribution in [-0.2, 0) is 0 Å². The predicted molar refractivity (Wildman–Crippen MR) is 91.9 cm³/mol. The fraction of sp³-hybridized carbons (Fsp3) is 0.200. The van der Waals surface area contributed by atoms with Gasteiger partial charge in [0.15, 0.2) is 0 Å². The summed E-state index contributed by atoms with van der Waals surface area (Å²) in [7, 11) is 0. The number of hydrogen-bond acceptors (Lipinski definition) is 2. The Hall–Kier alpha value is -2.48. The molecule has 110 valence electrons. The maximum absolute atomic E-state index is 4.67. The molecule has 1 heterocycles. The molecule has 3 rings (SSSR count). The van der Waals surface area contributed by atoms with Crippen LogP contribution in [0, 0.1) is 27.7 Å². The van der Waals surface area contributed by atoms with Crippen LogP contribution >= 0.6 is 0 Å². The highest BCUT2D eigenvalue weighted by molar-refractivity contribution is 5.70. The van der Waals surface area contributed by atoms with Crippen molar-refractivity contribution in [1.29, 1.82) is 0 Å². The van der Waals surface area contributed by atoms with E-state index in [0.717, 1.165) is 11.4 Å². The first-order valence-corrected chi connectivity index (χ1v) is 7.53. The van der Waals surface area contributed by atoms with Crippen molar-refractivity contribution >= 4 is 0 Å². The van der Waals surface area contributed by atoms with Crippen molar-refractivity contribution in [3.63, 3.8) is 0 Å². The molecule has 0 N–H and O–H groups in total. The summed E-state index contributed by atoms with van der Waals surface area (Å²) in [6.07, 6.45) is 3.77. The van der Waals surface area contributed by atoms with Gasteiger partial charge in [-0.3, -0.25) is 9.97 Å². The van der Waals surface area contributed by atoms with Crippen LogP contribution in [0.5, 0.6) is 0 Å². The van der Waals surface area contributed by atoms with Crippen LogP contribution in [0.15, 0.2) is 48.8 Å². The minimum Gasteiger partial charge on any atom is -0.252 e. The Bertz CT molecular complexity index is 707. The van der Waals surface area contributed by atoms with Crippen molar-refractivity contribution in [3.05, 3.63) is 71.0 Å². The van der Waals surface area contributed by atoms with Gasteiger partial charge < -0.3 is 0 Å². The average molecular weight is 288 g/mol. The normalized spacial score (nSPS) is 10.7. The van der Waals surface area contributed by atoms with E-state index in [2.05, 4.69) is 74.1 Å². The van der Waals surface area contributed by atoms with E-state index in [1.54, 1.807) is 0 Å². The van der Waals surface area contributed by atoms with E-state index in [4.69, 9.17) is 0 Å². The summed E-state index contributed by atoms with van der Waals surface area (Å²) in [5.74, 6) is 0. The highest BCUT2D eigenvalue weighted by Crippen LogP contribution is 2.28. The van der Waals surface area contributed by atoms with E-state index in [-0.39, 0.29) is 0 Å².